The third kappa shape index (κ3) is 6.06. The number of hydrogen-bond donors (Lipinski definition) is 3. The molecule has 8 heteroatoms. The highest BCUT2D eigenvalue weighted by molar-refractivity contribution is 6.31. The summed E-state index contributed by atoms with van der Waals surface area (Å²) in [6.45, 7) is 1.98. The van der Waals surface area contributed by atoms with E-state index in [4.69, 9.17) is 23.2 Å². The number of hydrazone groups is 1. The Bertz CT molecular complexity index is 836. The smallest absolute Gasteiger partial charge is 0.275 e. The molecular formula is C18H17Cl2N3O3. The predicted octanol–water partition coefficient (Wildman–Crippen LogP) is 3.51. The van der Waals surface area contributed by atoms with Gasteiger partial charge in [0.2, 0.25) is 5.91 Å². The number of nitrogens with zero attached hydrogens (tertiary/aromatic N) is 1. The zero-order valence-electron chi connectivity index (χ0n) is 13.9. The van der Waals surface area contributed by atoms with Crippen LogP contribution in [0.2, 0.25) is 10.0 Å². The molecule has 2 rings (SSSR count). The minimum absolute atomic E-state index is 0.00115. The van der Waals surface area contributed by atoms with Crippen molar-refractivity contribution in [2.45, 2.75) is 19.9 Å². The molecule has 0 saturated carbocycles. The van der Waals surface area contributed by atoms with E-state index in [-0.39, 0.29) is 23.6 Å². The molecule has 0 atom stereocenters. The first-order valence-corrected chi connectivity index (χ1v) is 8.44. The van der Waals surface area contributed by atoms with E-state index in [9.17, 15) is 14.7 Å². The number of hydrogen-bond acceptors (Lipinski definition) is 4. The molecule has 2 amide bonds. The fourth-order valence-electron chi connectivity index (χ4n) is 2.03. The molecule has 136 valence electrons. The monoisotopic (exact) mass is 393 g/mol. The highest BCUT2D eigenvalue weighted by Gasteiger charge is 2.11. The van der Waals surface area contributed by atoms with E-state index in [1.165, 1.54) is 18.2 Å². The zero-order chi connectivity index (χ0) is 19.1. The molecule has 0 radical (unpaired) electrons. The lowest BCUT2D eigenvalue weighted by molar-refractivity contribution is -0.120. The topological polar surface area (TPSA) is 90.8 Å². The van der Waals surface area contributed by atoms with Crippen molar-refractivity contribution in [2.75, 3.05) is 0 Å². The van der Waals surface area contributed by atoms with Gasteiger partial charge in [0.15, 0.2) is 0 Å². The van der Waals surface area contributed by atoms with Gasteiger partial charge in [0.1, 0.15) is 5.75 Å². The number of nitrogens with one attached hydrogen (secondary N) is 2. The Kier molecular flexibility index (Phi) is 7.00. The Morgan fingerprint density at radius 2 is 1.73 bits per heavy atom. The van der Waals surface area contributed by atoms with Crippen LogP contribution >= 0.6 is 23.2 Å². The summed E-state index contributed by atoms with van der Waals surface area (Å²) in [5.41, 5.74) is 3.62. The van der Waals surface area contributed by atoms with Crippen molar-refractivity contribution in [3.8, 4) is 5.75 Å². The minimum atomic E-state index is -0.620. The normalized spacial score (nSPS) is 11.1. The molecule has 2 aromatic carbocycles. The van der Waals surface area contributed by atoms with Gasteiger partial charge in [-0.05, 0) is 42.8 Å². The molecule has 0 heterocycles. The first-order chi connectivity index (χ1) is 12.3. The maximum atomic E-state index is 12.0. The number of phenols is 1. The van der Waals surface area contributed by atoms with Gasteiger partial charge in [-0.1, -0.05) is 35.3 Å². The predicted molar refractivity (Wildman–Crippen MR) is 102 cm³/mol. The molecule has 6 nitrogen and oxygen atoms in total. The highest BCUT2D eigenvalue weighted by Crippen LogP contribution is 2.21. The third-order valence-electron chi connectivity index (χ3n) is 3.37. The van der Waals surface area contributed by atoms with Crippen LogP contribution in [0.5, 0.6) is 5.75 Å². The van der Waals surface area contributed by atoms with Crippen LogP contribution < -0.4 is 10.7 Å². The minimum Gasteiger partial charge on any atom is -0.507 e. The molecule has 0 spiro atoms. The van der Waals surface area contributed by atoms with Crippen LogP contribution in [0.4, 0.5) is 0 Å². The van der Waals surface area contributed by atoms with Crippen LogP contribution in [0.1, 0.15) is 29.3 Å². The number of halogens is 2. The summed E-state index contributed by atoms with van der Waals surface area (Å²) in [7, 11) is 0. The Morgan fingerprint density at radius 1 is 1.08 bits per heavy atom. The van der Waals surface area contributed by atoms with Crippen LogP contribution in [0, 0.1) is 0 Å². The van der Waals surface area contributed by atoms with Gasteiger partial charge < -0.3 is 10.4 Å². The Labute approximate surface area is 160 Å². The standard InChI is InChI=1S/C18H17Cl2N3O3/c1-11(8-17(25)21-10-12-2-4-13(19)5-3-12)22-23-18(26)15-9-14(20)6-7-16(15)24/h2-7,9,24H,8,10H2,1H3,(H,21,25)(H,23,26)/b22-11-. The second-order valence-electron chi connectivity index (χ2n) is 5.53. The van der Waals surface area contributed by atoms with E-state index in [0.29, 0.717) is 22.3 Å². The lowest BCUT2D eigenvalue weighted by atomic mass is 10.2. The van der Waals surface area contributed by atoms with Crippen LogP contribution in [0.3, 0.4) is 0 Å². The molecule has 0 aliphatic rings. The van der Waals surface area contributed by atoms with E-state index in [2.05, 4.69) is 15.8 Å². The Balaban J connectivity index is 1.85. The molecule has 0 aromatic heterocycles. The number of rotatable bonds is 6. The molecule has 0 fully saturated rings. The lowest BCUT2D eigenvalue weighted by Crippen LogP contribution is -2.26. The summed E-state index contributed by atoms with van der Waals surface area (Å²) in [5.74, 6) is -1.06. The van der Waals surface area contributed by atoms with Crippen LogP contribution in [-0.2, 0) is 11.3 Å². The first kappa shape index (κ1) is 19.8. The van der Waals surface area contributed by atoms with Crippen molar-refractivity contribution in [2.24, 2.45) is 5.10 Å². The second-order valence-corrected chi connectivity index (χ2v) is 6.40. The van der Waals surface area contributed by atoms with Gasteiger partial charge in [-0.3, -0.25) is 9.59 Å². The Hall–Kier alpha value is -2.57. The quantitative estimate of drug-likeness (QED) is 0.517. The van der Waals surface area contributed by atoms with Gasteiger partial charge in [-0.2, -0.15) is 5.10 Å². The van der Waals surface area contributed by atoms with Crippen molar-refractivity contribution in [1.29, 1.82) is 0 Å². The Morgan fingerprint density at radius 3 is 2.42 bits per heavy atom. The van der Waals surface area contributed by atoms with E-state index in [1.54, 1.807) is 19.1 Å². The molecule has 3 N–H and O–H groups in total. The number of benzene rings is 2. The highest BCUT2D eigenvalue weighted by atomic mass is 35.5. The van der Waals surface area contributed by atoms with E-state index < -0.39 is 5.91 Å². The van der Waals surface area contributed by atoms with Crippen LogP contribution in [-0.4, -0.2) is 22.6 Å². The second kappa shape index (κ2) is 9.22. The van der Waals surface area contributed by atoms with Gasteiger partial charge in [0.05, 0.1) is 12.0 Å². The molecule has 0 unspecified atom stereocenters. The SMILES string of the molecule is C/C(CC(=O)NCc1ccc(Cl)cc1)=N/NC(=O)c1cc(Cl)ccc1O. The first-order valence-electron chi connectivity index (χ1n) is 7.68. The van der Waals surface area contributed by atoms with Gasteiger partial charge in [-0.15, -0.1) is 0 Å². The van der Waals surface area contributed by atoms with E-state index >= 15 is 0 Å². The van der Waals surface area contributed by atoms with Crippen molar-refractivity contribution in [3.05, 3.63) is 63.6 Å². The summed E-state index contributed by atoms with van der Waals surface area (Å²) >= 11 is 11.6. The number of carbonyl (C=O) groups excluding carboxylic acids is 2. The van der Waals surface area contributed by atoms with E-state index in [0.717, 1.165) is 5.56 Å². The molecular weight excluding hydrogens is 377 g/mol. The molecule has 0 aliphatic carbocycles. The summed E-state index contributed by atoms with van der Waals surface area (Å²) in [4.78, 5) is 23.9. The summed E-state index contributed by atoms with van der Waals surface area (Å²) in [5, 5.41) is 17.2. The molecule has 0 bridgehead atoms. The van der Waals surface area contributed by atoms with Gasteiger partial charge in [-0.25, -0.2) is 5.43 Å². The number of phenolic OH excluding ortho intramolecular Hbond substituents is 1. The number of amides is 2. The summed E-state index contributed by atoms with van der Waals surface area (Å²) < 4.78 is 0. The number of aromatic hydroxyl groups is 1. The van der Waals surface area contributed by atoms with Crippen molar-refractivity contribution in [3.63, 3.8) is 0 Å². The average molecular weight is 394 g/mol. The number of carbonyl (C=O) groups is 2. The third-order valence-corrected chi connectivity index (χ3v) is 3.86. The maximum Gasteiger partial charge on any atom is 0.275 e. The fraction of sp³-hybridized carbons (Fsp3) is 0.167. The van der Waals surface area contributed by atoms with Gasteiger partial charge in [0.25, 0.3) is 5.91 Å². The zero-order valence-corrected chi connectivity index (χ0v) is 15.4. The largest absolute Gasteiger partial charge is 0.507 e. The van der Waals surface area contributed by atoms with E-state index in [1.807, 2.05) is 12.1 Å². The van der Waals surface area contributed by atoms with Gasteiger partial charge in [0, 0.05) is 22.3 Å². The maximum absolute atomic E-state index is 12.0. The summed E-state index contributed by atoms with van der Waals surface area (Å²) in [6.07, 6.45) is 0.0232. The van der Waals surface area contributed by atoms with Crippen LogP contribution in [0.25, 0.3) is 0 Å². The van der Waals surface area contributed by atoms with Crippen LogP contribution in [0.15, 0.2) is 47.6 Å². The average Bonchev–Trinajstić information content (AvgIpc) is 2.61. The van der Waals surface area contributed by atoms with Crippen molar-refractivity contribution in [1.82, 2.24) is 10.7 Å². The fourth-order valence-corrected chi connectivity index (χ4v) is 2.33. The molecule has 26 heavy (non-hydrogen) atoms. The molecule has 0 saturated heterocycles. The molecule has 2 aromatic rings. The lowest BCUT2D eigenvalue weighted by Gasteiger charge is -2.07. The van der Waals surface area contributed by atoms with Crippen molar-refractivity contribution < 1.29 is 14.7 Å². The summed E-state index contributed by atoms with van der Waals surface area (Å²) in [6, 6.07) is 11.2. The van der Waals surface area contributed by atoms with Gasteiger partial charge >= 0.3 is 0 Å². The van der Waals surface area contributed by atoms with Crippen molar-refractivity contribution >= 4 is 40.7 Å². The molecule has 0 aliphatic heterocycles.